The Hall–Kier alpha value is -3.12. The summed E-state index contributed by atoms with van der Waals surface area (Å²) >= 11 is 6.50. The summed E-state index contributed by atoms with van der Waals surface area (Å²) in [4.78, 5) is 17.5. The van der Waals surface area contributed by atoms with Crippen molar-refractivity contribution in [2.45, 2.75) is 25.3 Å². The number of nitrogens with zero attached hydrogens (tertiary/aromatic N) is 3. The maximum absolute atomic E-state index is 12.8. The third-order valence-corrected chi connectivity index (χ3v) is 5.54. The number of fused-ring (bicyclic) bond motifs is 1. The van der Waals surface area contributed by atoms with E-state index in [0.29, 0.717) is 28.8 Å². The highest BCUT2D eigenvalue weighted by atomic mass is 35.5. The minimum Gasteiger partial charge on any atom is -0.508 e. The van der Waals surface area contributed by atoms with Crippen LogP contribution in [0.3, 0.4) is 0 Å². The van der Waals surface area contributed by atoms with E-state index in [-0.39, 0.29) is 11.5 Å². The normalized spacial score (nSPS) is 18.5. The summed E-state index contributed by atoms with van der Waals surface area (Å²) in [5, 5.41) is 18.1. The number of benzene rings is 2. The van der Waals surface area contributed by atoms with E-state index in [0.717, 1.165) is 29.7 Å². The van der Waals surface area contributed by atoms with Crippen LogP contribution in [0.25, 0.3) is 11.4 Å². The predicted molar refractivity (Wildman–Crippen MR) is 106 cm³/mol. The smallest absolute Gasteiger partial charge is 0.226 e. The number of phenolic OH excluding ortho intramolecular Hbond substituents is 1. The molecular formula is C21H17ClN4O2. The number of hydrogen-bond donors (Lipinski definition) is 2. The van der Waals surface area contributed by atoms with Crippen LogP contribution in [0.15, 0.2) is 59.8 Å². The Morgan fingerprint density at radius 1 is 1.11 bits per heavy atom. The molecule has 1 aliphatic carbocycles. The summed E-state index contributed by atoms with van der Waals surface area (Å²) in [5.74, 6) is 1.40. The van der Waals surface area contributed by atoms with Crippen molar-refractivity contribution in [3.05, 3.63) is 70.4 Å². The molecule has 0 radical (unpaired) electrons. The number of hydrogen-bond acceptors (Lipinski definition) is 5. The zero-order chi connectivity index (χ0) is 19.3. The number of carbonyl (C=O) groups excluding carboxylic acids is 1. The quantitative estimate of drug-likeness (QED) is 0.678. The Balaban J connectivity index is 1.69. The number of allylic oxidation sites excluding steroid dienone is 2. The van der Waals surface area contributed by atoms with Gasteiger partial charge in [0.1, 0.15) is 11.8 Å². The maximum atomic E-state index is 12.8. The average molecular weight is 393 g/mol. The molecule has 0 fully saturated rings. The molecule has 2 aliphatic rings. The zero-order valence-corrected chi connectivity index (χ0v) is 15.6. The number of anilines is 1. The Morgan fingerprint density at radius 3 is 2.68 bits per heavy atom. The summed E-state index contributed by atoms with van der Waals surface area (Å²) in [7, 11) is 0. The van der Waals surface area contributed by atoms with Gasteiger partial charge in [0.15, 0.2) is 11.6 Å². The van der Waals surface area contributed by atoms with Gasteiger partial charge >= 0.3 is 0 Å². The van der Waals surface area contributed by atoms with Crippen molar-refractivity contribution < 1.29 is 9.90 Å². The van der Waals surface area contributed by atoms with Gasteiger partial charge in [-0.15, -0.1) is 5.10 Å². The zero-order valence-electron chi connectivity index (χ0n) is 14.9. The van der Waals surface area contributed by atoms with E-state index >= 15 is 0 Å². The minimum absolute atomic E-state index is 0.117. The molecule has 5 rings (SSSR count). The van der Waals surface area contributed by atoms with Crippen LogP contribution in [-0.4, -0.2) is 25.7 Å². The summed E-state index contributed by atoms with van der Waals surface area (Å²) in [6.45, 7) is 0. The Labute approximate surface area is 166 Å². The van der Waals surface area contributed by atoms with E-state index in [9.17, 15) is 9.90 Å². The monoisotopic (exact) mass is 392 g/mol. The fraction of sp³-hybridized carbons (Fsp3) is 0.190. The highest BCUT2D eigenvalue weighted by Gasteiger charge is 2.37. The van der Waals surface area contributed by atoms with Crippen molar-refractivity contribution in [3.63, 3.8) is 0 Å². The average Bonchev–Trinajstić information content (AvgIpc) is 3.11. The van der Waals surface area contributed by atoms with Gasteiger partial charge in [0.25, 0.3) is 0 Å². The minimum atomic E-state index is -0.411. The summed E-state index contributed by atoms with van der Waals surface area (Å²) < 4.78 is 1.74. The first-order valence-corrected chi connectivity index (χ1v) is 9.53. The first kappa shape index (κ1) is 17.0. The van der Waals surface area contributed by atoms with Gasteiger partial charge in [0.05, 0.1) is 0 Å². The standard InChI is InChI=1S/C21H17ClN4O2/c22-15-5-2-1-4-14(15)19-18-16(6-3-7-17(18)28)23-21-24-20(25-26(19)21)12-8-10-13(27)11-9-12/h1-2,4-5,8-11,19,27H,3,6-7H2,(H,23,24,25)/t19-/m0/s1. The first-order valence-electron chi connectivity index (χ1n) is 9.15. The maximum Gasteiger partial charge on any atom is 0.226 e. The lowest BCUT2D eigenvalue weighted by Gasteiger charge is -2.32. The van der Waals surface area contributed by atoms with Gasteiger partial charge in [0, 0.05) is 33.8 Å². The first-order chi connectivity index (χ1) is 13.6. The highest BCUT2D eigenvalue weighted by molar-refractivity contribution is 6.31. The van der Waals surface area contributed by atoms with Crippen molar-refractivity contribution >= 4 is 23.3 Å². The molecule has 0 saturated carbocycles. The fourth-order valence-corrected chi connectivity index (χ4v) is 4.11. The second kappa shape index (κ2) is 6.49. The number of phenols is 1. The number of Topliss-reactive ketones (excluding diaryl/α,β-unsaturated/α-hetero) is 1. The van der Waals surface area contributed by atoms with E-state index in [2.05, 4.69) is 10.3 Å². The van der Waals surface area contributed by atoms with Crippen molar-refractivity contribution in [1.29, 1.82) is 0 Å². The molecule has 1 atom stereocenters. The molecular weight excluding hydrogens is 376 g/mol. The largest absolute Gasteiger partial charge is 0.508 e. The highest BCUT2D eigenvalue weighted by Crippen LogP contribution is 2.42. The van der Waals surface area contributed by atoms with Gasteiger partial charge in [-0.2, -0.15) is 4.98 Å². The molecule has 140 valence electrons. The van der Waals surface area contributed by atoms with E-state index in [1.807, 2.05) is 24.3 Å². The molecule has 7 heteroatoms. The molecule has 2 aromatic carbocycles. The number of ketones is 1. The van der Waals surface area contributed by atoms with Crippen LogP contribution in [0.5, 0.6) is 5.75 Å². The van der Waals surface area contributed by atoms with Gasteiger partial charge in [-0.3, -0.25) is 4.79 Å². The lowest BCUT2D eigenvalue weighted by atomic mass is 9.85. The Bertz CT molecular complexity index is 1120. The van der Waals surface area contributed by atoms with E-state index in [4.69, 9.17) is 16.7 Å². The number of halogens is 1. The number of aromatic hydroxyl groups is 1. The van der Waals surface area contributed by atoms with Crippen LogP contribution < -0.4 is 5.32 Å². The molecule has 1 aliphatic heterocycles. The molecule has 28 heavy (non-hydrogen) atoms. The molecule has 0 amide bonds. The molecule has 1 aromatic heterocycles. The molecule has 2 heterocycles. The molecule has 3 aromatic rings. The van der Waals surface area contributed by atoms with Gasteiger partial charge < -0.3 is 10.4 Å². The fourth-order valence-electron chi connectivity index (χ4n) is 3.87. The summed E-state index contributed by atoms with van der Waals surface area (Å²) in [6, 6.07) is 13.8. The summed E-state index contributed by atoms with van der Waals surface area (Å²) in [6.07, 6.45) is 2.14. The third kappa shape index (κ3) is 2.68. The number of nitrogens with one attached hydrogen (secondary N) is 1. The van der Waals surface area contributed by atoms with Gasteiger partial charge in [-0.25, -0.2) is 4.68 Å². The van der Waals surface area contributed by atoms with Crippen LogP contribution in [-0.2, 0) is 4.79 Å². The Kier molecular flexibility index (Phi) is 3.94. The van der Waals surface area contributed by atoms with Crippen molar-refractivity contribution in [2.24, 2.45) is 0 Å². The van der Waals surface area contributed by atoms with Gasteiger partial charge in [-0.05, 0) is 43.2 Å². The SMILES string of the molecule is O=C1CCCC2=C1[C@H](c1ccccc1Cl)n1nc(-c3ccc(O)cc3)nc1N2. The molecule has 6 nitrogen and oxygen atoms in total. The van der Waals surface area contributed by atoms with Gasteiger partial charge in [-0.1, -0.05) is 29.8 Å². The van der Waals surface area contributed by atoms with E-state index < -0.39 is 6.04 Å². The topological polar surface area (TPSA) is 80.0 Å². The second-order valence-electron chi connectivity index (χ2n) is 6.97. The van der Waals surface area contributed by atoms with Crippen LogP contribution in [0.2, 0.25) is 5.02 Å². The van der Waals surface area contributed by atoms with Crippen LogP contribution >= 0.6 is 11.6 Å². The number of rotatable bonds is 2. The second-order valence-corrected chi connectivity index (χ2v) is 7.38. The molecule has 0 spiro atoms. The van der Waals surface area contributed by atoms with E-state index in [1.54, 1.807) is 28.9 Å². The van der Waals surface area contributed by atoms with Crippen LogP contribution in [0.1, 0.15) is 30.9 Å². The lowest BCUT2D eigenvalue weighted by molar-refractivity contribution is -0.116. The lowest BCUT2D eigenvalue weighted by Crippen LogP contribution is -2.31. The number of aromatic nitrogens is 3. The molecule has 0 unspecified atom stereocenters. The summed E-state index contributed by atoms with van der Waals surface area (Å²) in [5.41, 5.74) is 3.23. The van der Waals surface area contributed by atoms with E-state index in [1.165, 1.54) is 0 Å². The van der Waals surface area contributed by atoms with Crippen LogP contribution in [0.4, 0.5) is 5.95 Å². The predicted octanol–water partition coefficient (Wildman–Crippen LogP) is 4.33. The Morgan fingerprint density at radius 2 is 1.89 bits per heavy atom. The van der Waals surface area contributed by atoms with Gasteiger partial charge in [0.2, 0.25) is 5.95 Å². The molecule has 0 bridgehead atoms. The molecule has 2 N–H and O–H groups in total. The number of carbonyl (C=O) groups is 1. The molecule has 0 saturated heterocycles. The van der Waals surface area contributed by atoms with Crippen molar-refractivity contribution in [1.82, 2.24) is 14.8 Å². The van der Waals surface area contributed by atoms with Crippen molar-refractivity contribution in [2.75, 3.05) is 5.32 Å². The van der Waals surface area contributed by atoms with Crippen LogP contribution in [0, 0.1) is 0 Å². The van der Waals surface area contributed by atoms with Crippen molar-refractivity contribution in [3.8, 4) is 17.1 Å². The third-order valence-electron chi connectivity index (χ3n) is 5.19.